The van der Waals surface area contributed by atoms with E-state index < -0.39 is 0 Å². The lowest BCUT2D eigenvalue weighted by Crippen LogP contribution is -2.06. The summed E-state index contributed by atoms with van der Waals surface area (Å²) in [6, 6.07) is 0. The summed E-state index contributed by atoms with van der Waals surface area (Å²) in [6.07, 6.45) is 6.50. The van der Waals surface area contributed by atoms with Gasteiger partial charge in [0.05, 0.1) is 12.3 Å². The zero-order chi connectivity index (χ0) is 9.97. The van der Waals surface area contributed by atoms with Crippen LogP contribution in [0.25, 0.3) is 0 Å². The lowest BCUT2D eigenvalue weighted by Gasteiger charge is -2.19. The van der Waals surface area contributed by atoms with Gasteiger partial charge in [-0.25, -0.2) is 4.98 Å². The molecule has 3 heteroatoms. The molecule has 1 aromatic rings. The average Bonchev–Trinajstić information content (AvgIpc) is 2.61. The third kappa shape index (κ3) is 1.82. The Labute approximate surface area is 84.6 Å². The Kier molecular flexibility index (Phi) is 2.87. The molecule has 0 amide bonds. The van der Waals surface area contributed by atoms with Crippen LogP contribution in [0.2, 0.25) is 0 Å². The van der Waals surface area contributed by atoms with Gasteiger partial charge in [-0.1, -0.05) is 19.3 Å². The Morgan fingerprint density at radius 1 is 1.36 bits per heavy atom. The number of aliphatic hydroxyl groups excluding tert-OH is 1. The molecule has 0 saturated heterocycles. The lowest BCUT2D eigenvalue weighted by atomic mass is 9.89. The SMILES string of the molecule is Cc1[nH]c(C2CCCCC2)nc1CO. The summed E-state index contributed by atoms with van der Waals surface area (Å²) >= 11 is 0. The molecule has 0 aliphatic heterocycles. The molecule has 0 radical (unpaired) electrons. The molecule has 2 N–H and O–H groups in total. The van der Waals surface area contributed by atoms with Crippen molar-refractivity contribution in [2.75, 3.05) is 0 Å². The predicted molar refractivity (Wildman–Crippen MR) is 55.1 cm³/mol. The average molecular weight is 194 g/mol. The molecule has 14 heavy (non-hydrogen) atoms. The zero-order valence-electron chi connectivity index (χ0n) is 8.71. The summed E-state index contributed by atoms with van der Waals surface area (Å²) in [5.41, 5.74) is 1.83. The van der Waals surface area contributed by atoms with Gasteiger partial charge in [0.2, 0.25) is 0 Å². The second kappa shape index (κ2) is 4.13. The maximum absolute atomic E-state index is 9.05. The van der Waals surface area contributed by atoms with Gasteiger partial charge in [0, 0.05) is 11.6 Å². The molecule has 1 aliphatic rings. The highest BCUT2D eigenvalue weighted by molar-refractivity contribution is 5.14. The minimum atomic E-state index is 0.0506. The van der Waals surface area contributed by atoms with Gasteiger partial charge in [-0.3, -0.25) is 0 Å². The molecule has 78 valence electrons. The van der Waals surface area contributed by atoms with Gasteiger partial charge in [0.1, 0.15) is 5.82 Å². The first-order chi connectivity index (χ1) is 6.81. The highest BCUT2D eigenvalue weighted by Gasteiger charge is 2.19. The number of imidazole rings is 1. The van der Waals surface area contributed by atoms with E-state index in [1.165, 1.54) is 32.1 Å². The van der Waals surface area contributed by atoms with Crippen molar-refractivity contribution in [1.82, 2.24) is 9.97 Å². The number of hydrogen-bond acceptors (Lipinski definition) is 2. The van der Waals surface area contributed by atoms with Gasteiger partial charge in [-0.05, 0) is 19.8 Å². The van der Waals surface area contributed by atoms with Crippen LogP contribution in [0.1, 0.15) is 55.2 Å². The maximum atomic E-state index is 9.05. The van der Waals surface area contributed by atoms with Crippen LogP contribution in [-0.4, -0.2) is 15.1 Å². The van der Waals surface area contributed by atoms with Gasteiger partial charge in [-0.15, -0.1) is 0 Å². The van der Waals surface area contributed by atoms with Crippen LogP contribution in [0.15, 0.2) is 0 Å². The molecule has 1 aliphatic carbocycles. The first kappa shape index (κ1) is 9.71. The van der Waals surface area contributed by atoms with Crippen molar-refractivity contribution < 1.29 is 5.11 Å². The molecule has 0 atom stereocenters. The number of hydrogen-bond donors (Lipinski definition) is 2. The third-order valence-electron chi connectivity index (χ3n) is 3.15. The number of nitrogens with one attached hydrogen (secondary N) is 1. The van der Waals surface area contributed by atoms with Crippen LogP contribution in [0.3, 0.4) is 0 Å². The van der Waals surface area contributed by atoms with Crippen molar-refractivity contribution >= 4 is 0 Å². The maximum Gasteiger partial charge on any atom is 0.109 e. The quantitative estimate of drug-likeness (QED) is 0.758. The van der Waals surface area contributed by atoms with Crippen LogP contribution in [0.5, 0.6) is 0 Å². The standard InChI is InChI=1S/C11H18N2O/c1-8-10(7-14)13-11(12-8)9-5-3-2-4-6-9/h9,14H,2-7H2,1H3,(H,12,13). The minimum Gasteiger partial charge on any atom is -0.390 e. The van der Waals surface area contributed by atoms with Gasteiger partial charge in [0.25, 0.3) is 0 Å². The first-order valence-electron chi connectivity index (χ1n) is 5.47. The number of rotatable bonds is 2. The predicted octanol–water partition coefficient (Wildman–Crippen LogP) is 2.26. The molecule has 2 rings (SSSR count). The van der Waals surface area contributed by atoms with E-state index >= 15 is 0 Å². The van der Waals surface area contributed by atoms with E-state index in [9.17, 15) is 0 Å². The molecule has 1 heterocycles. The number of aryl methyl sites for hydroxylation is 1. The fourth-order valence-corrected chi connectivity index (χ4v) is 2.24. The number of nitrogens with zero attached hydrogens (tertiary/aromatic N) is 1. The van der Waals surface area contributed by atoms with Gasteiger partial charge in [0.15, 0.2) is 0 Å². The van der Waals surface area contributed by atoms with Crippen molar-refractivity contribution in [3.05, 3.63) is 17.2 Å². The Morgan fingerprint density at radius 3 is 2.64 bits per heavy atom. The topological polar surface area (TPSA) is 48.9 Å². The van der Waals surface area contributed by atoms with Crippen LogP contribution in [0, 0.1) is 6.92 Å². The Balaban J connectivity index is 2.14. The molecule has 0 unspecified atom stereocenters. The number of H-pyrrole nitrogens is 1. The Hall–Kier alpha value is -0.830. The van der Waals surface area contributed by atoms with Crippen molar-refractivity contribution in [3.8, 4) is 0 Å². The largest absolute Gasteiger partial charge is 0.390 e. The van der Waals surface area contributed by atoms with Crippen LogP contribution < -0.4 is 0 Å². The highest BCUT2D eigenvalue weighted by Crippen LogP contribution is 2.31. The molecule has 1 fully saturated rings. The third-order valence-corrected chi connectivity index (χ3v) is 3.15. The van der Waals surface area contributed by atoms with E-state index in [-0.39, 0.29) is 6.61 Å². The minimum absolute atomic E-state index is 0.0506. The number of aliphatic hydroxyl groups is 1. The van der Waals surface area contributed by atoms with E-state index in [0.717, 1.165) is 17.2 Å². The highest BCUT2D eigenvalue weighted by atomic mass is 16.3. The molecule has 3 nitrogen and oxygen atoms in total. The van der Waals surface area contributed by atoms with Crippen LogP contribution >= 0.6 is 0 Å². The molecule has 0 spiro atoms. The smallest absolute Gasteiger partial charge is 0.109 e. The fraction of sp³-hybridized carbons (Fsp3) is 0.727. The first-order valence-corrected chi connectivity index (χ1v) is 5.47. The van der Waals surface area contributed by atoms with Crippen molar-refractivity contribution in [1.29, 1.82) is 0 Å². The second-order valence-corrected chi connectivity index (χ2v) is 4.19. The van der Waals surface area contributed by atoms with E-state index in [0.29, 0.717) is 5.92 Å². The molecular weight excluding hydrogens is 176 g/mol. The van der Waals surface area contributed by atoms with Crippen molar-refractivity contribution in [2.24, 2.45) is 0 Å². The Bertz CT molecular complexity index is 300. The van der Waals surface area contributed by atoms with Crippen molar-refractivity contribution in [2.45, 2.75) is 51.6 Å². The number of aromatic nitrogens is 2. The van der Waals surface area contributed by atoms with Gasteiger partial charge in [-0.2, -0.15) is 0 Å². The molecular formula is C11H18N2O. The molecule has 1 saturated carbocycles. The normalized spacial score (nSPS) is 18.7. The van der Waals surface area contributed by atoms with Gasteiger partial charge >= 0.3 is 0 Å². The summed E-state index contributed by atoms with van der Waals surface area (Å²) < 4.78 is 0. The van der Waals surface area contributed by atoms with E-state index in [2.05, 4.69) is 9.97 Å². The summed E-state index contributed by atoms with van der Waals surface area (Å²) in [7, 11) is 0. The second-order valence-electron chi connectivity index (χ2n) is 4.19. The van der Waals surface area contributed by atoms with Crippen LogP contribution in [0.4, 0.5) is 0 Å². The lowest BCUT2D eigenvalue weighted by molar-refractivity contribution is 0.276. The number of aromatic amines is 1. The fourth-order valence-electron chi connectivity index (χ4n) is 2.24. The summed E-state index contributed by atoms with van der Waals surface area (Å²) in [5, 5.41) is 9.05. The van der Waals surface area contributed by atoms with Crippen molar-refractivity contribution in [3.63, 3.8) is 0 Å². The van der Waals surface area contributed by atoms with Gasteiger partial charge < -0.3 is 10.1 Å². The van der Waals surface area contributed by atoms with Crippen LogP contribution in [-0.2, 0) is 6.61 Å². The van der Waals surface area contributed by atoms with E-state index in [1.807, 2.05) is 6.92 Å². The summed E-state index contributed by atoms with van der Waals surface area (Å²) in [4.78, 5) is 7.74. The monoisotopic (exact) mass is 194 g/mol. The Morgan fingerprint density at radius 2 is 2.07 bits per heavy atom. The summed E-state index contributed by atoms with van der Waals surface area (Å²) in [6.45, 7) is 2.03. The van der Waals surface area contributed by atoms with E-state index in [1.54, 1.807) is 0 Å². The summed E-state index contributed by atoms with van der Waals surface area (Å²) in [5.74, 6) is 1.69. The van der Waals surface area contributed by atoms with E-state index in [4.69, 9.17) is 5.11 Å². The zero-order valence-corrected chi connectivity index (χ0v) is 8.71. The molecule has 0 bridgehead atoms. The molecule has 1 aromatic heterocycles. The molecule has 0 aromatic carbocycles.